The van der Waals surface area contributed by atoms with Gasteiger partial charge in [0.15, 0.2) is 11.5 Å². The third-order valence-corrected chi connectivity index (χ3v) is 8.53. The molecule has 2 aliphatic heterocycles. The van der Waals surface area contributed by atoms with E-state index in [9.17, 15) is 9.59 Å². The fraction of sp³-hybridized carbons (Fsp3) is 0.548. The van der Waals surface area contributed by atoms with Gasteiger partial charge in [-0.05, 0) is 89.1 Å². The zero-order valence-corrected chi connectivity index (χ0v) is 24.0. The highest BCUT2D eigenvalue weighted by atomic mass is 16.1. The van der Waals surface area contributed by atoms with Crippen molar-refractivity contribution in [2.24, 2.45) is 5.73 Å². The predicted molar refractivity (Wildman–Crippen MR) is 161 cm³/mol. The Balaban J connectivity index is 0.00000118. The first-order valence-electron chi connectivity index (χ1n) is 14.8. The van der Waals surface area contributed by atoms with Gasteiger partial charge in [-0.25, -0.2) is 9.97 Å². The van der Waals surface area contributed by atoms with E-state index in [0.717, 1.165) is 37.5 Å². The first kappa shape index (κ1) is 29.5. The smallest absolute Gasteiger partial charge is 0.271 e. The van der Waals surface area contributed by atoms with Crippen LogP contribution in [0.15, 0.2) is 43.1 Å². The molecule has 0 bridgehead atoms. The average Bonchev–Trinajstić information content (AvgIpc) is 3.50. The highest BCUT2D eigenvalue weighted by Gasteiger charge is 2.29. The zero-order chi connectivity index (χ0) is 28.5. The summed E-state index contributed by atoms with van der Waals surface area (Å²) in [5.74, 6) is 0.822. The van der Waals surface area contributed by atoms with Crippen molar-refractivity contribution < 1.29 is 9.59 Å². The van der Waals surface area contributed by atoms with Crippen LogP contribution in [0.3, 0.4) is 0 Å². The van der Waals surface area contributed by atoms with Crippen molar-refractivity contribution in [3.63, 3.8) is 0 Å². The van der Waals surface area contributed by atoms with Crippen LogP contribution < -0.4 is 16.4 Å². The van der Waals surface area contributed by atoms with Gasteiger partial charge in [-0.15, -0.1) is 6.58 Å². The van der Waals surface area contributed by atoms with Crippen LogP contribution >= 0.6 is 0 Å². The standard InChI is InChI=1S/C28H39N7O2.C3H6/c1-19-24(7-4-14-35(19)18-36)32-25-17-30-26(27(29)37)28(33-25)31-22-10-8-20(9-11-22)21-12-15-34(16-13-21)23-5-2-3-6-23;1-3-2/h8-11,17-19,21,23-24H,2-7,12-16H2,1H3,(H2,29,37)(H2,31,32,33);3H,1H2,2H3. The number of hydrogen-bond acceptors (Lipinski definition) is 7. The molecule has 2 unspecified atom stereocenters. The zero-order valence-electron chi connectivity index (χ0n) is 24.0. The Bertz CT molecular complexity index is 1130. The van der Waals surface area contributed by atoms with Crippen molar-refractivity contribution in [3.05, 3.63) is 54.4 Å². The molecular weight excluding hydrogens is 502 g/mol. The maximum absolute atomic E-state index is 12.0. The molecule has 5 rings (SSSR count). The molecular formula is C31H45N7O2. The Labute approximate surface area is 238 Å². The summed E-state index contributed by atoms with van der Waals surface area (Å²) in [4.78, 5) is 36.8. The second-order valence-electron chi connectivity index (χ2n) is 11.2. The van der Waals surface area contributed by atoms with E-state index in [-0.39, 0.29) is 17.8 Å². The summed E-state index contributed by atoms with van der Waals surface area (Å²) < 4.78 is 0. The second kappa shape index (κ2) is 14.3. The summed E-state index contributed by atoms with van der Waals surface area (Å²) in [7, 11) is 0. The monoisotopic (exact) mass is 547 g/mol. The molecule has 2 aromatic rings. The van der Waals surface area contributed by atoms with Crippen molar-refractivity contribution >= 4 is 29.6 Å². The SMILES string of the molecule is C=CC.CC1C(Nc2cnc(C(N)=O)c(Nc3ccc(C4CCN(C5CCCC5)CC4)cc3)n2)CCCN1C=O. The first-order chi connectivity index (χ1) is 19.4. The topological polar surface area (TPSA) is 116 Å². The lowest BCUT2D eigenvalue weighted by atomic mass is 9.88. The van der Waals surface area contributed by atoms with Crippen LogP contribution in [0.1, 0.15) is 87.2 Å². The highest BCUT2D eigenvalue weighted by molar-refractivity contribution is 5.96. The molecule has 1 saturated carbocycles. The van der Waals surface area contributed by atoms with Crippen molar-refractivity contribution in [3.8, 4) is 0 Å². The minimum Gasteiger partial charge on any atom is -0.364 e. The van der Waals surface area contributed by atoms with Gasteiger partial charge in [0, 0.05) is 30.4 Å². The maximum atomic E-state index is 12.0. The van der Waals surface area contributed by atoms with Crippen LogP contribution in [-0.2, 0) is 4.79 Å². The fourth-order valence-electron chi connectivity index (χ4n) is 6.27. The number of rotatable bonds is 8. The number of nitrogens with zero attached hydrogens (tertiary/aromatic N) is 4. The molecule has 216 valence electrons. The Morgan fingerprint density at radius 2 is 1.73 bits per heavy atom. The molecule has 3 heterocycles. The van der Waals surface area contributed by atoms with E-state index in [4.69, 9.17) is 5.73 Å². The van der Waals surface area contributed by atoms with E-state index in [1.54, 1.807) is 11.0 Å². The largest absolute Gasteiger partial charge is 0.364 e. The van der Waals surface area contributed by atoms with Crippen molar-refractivity contribution in [1.82, 2.24) is 19.8 Å². The summed E-state index contributed by atoms with van der Waals surface area (Å²) in [5, 5.41) is 6.64. The lowest BCUT2D eigenvalue weighted by Crippen LogP contribution is -2.49. The van der Waals surface area contributed by atoms with Crippen LogP contribution in [0.25, 0.3) is 0 Å². The van der Waals surface area contributed by atoms with Gasteiger partial charge in [0.2, 0.25) is 6.41 Å². The normalized spacial score (nSPS) is 22.2. The van der Waals surface area contributed by atoms with Gasteiger partial charge < -0.3 is 26.2 Å². The molecule has 0 radical (unpaired) electrons. The molecule has 2 saturated heterocycles. The van der Waals surface area contributed by atoms with Gasteiger partial charge in [0.1, 0.15) is 5.82 Å². The number of allylic oxidation sites excluding steroid dienone is 1. The number of amides is 2. The van der Waals surface area contributed by atoms with Crippen LogP contribution in [0.5, 0.6) is 0 Å². The predicted octanol–water partition coefficient (Wildman–Crippen LogP) is 5.05. The molecule has 3 aliphatic rings. The minimum absolute atomic E-state index is 0.0397. The Morgan fingerprint density at radius 1 is 1.05 bits per heavy atom. The first-order valence-corrected chi connectivity index (χ1v) is 14.8. The van der Waals surface area contributed by atoms with Gasteiger partial charge >= 0.3 is 0 Å². The summed E-state index contributed by atoms with van der Waals surface area (Å²) in [6.07, 6.45) is 13.9. The maximum Gasteiger partial charge on any atom is 0.271 e. The number of nitrogens with one attached hydrogen (secondary N) is 2. The molecule has 1 aliphatic carbocycles. The number of carbonyl (C=O) groups excluding carboxylic acids is 2. The summed E-state index contributed by atoms with van der Waals surface area (Å²) in [5.41, 5.74) is 7.88. The second-order valence-corrected chi connectivity index (χ2v) is 11.2. The molecule has 9 nitrogen and oxygen atoms in total. The van der Waals surface area contributed by atoms with Crippen molar-refractivity contribution in [1.29, 1.82) is 0 Å². The van der Waals surface area contributed by atoms with Crippen molar-refractivity contribution in [2.75, 3.05) is 30.3 Å². The van der Waals surface area contributed by atoms with Gasteiger partial charge in [0.05, 0.1) is 6.20 Å². The number of anilines is 3. The van der Waals surface area contributed by atoms with Gasteiger partial charge in [-0.2, -0.15) is 0 Å². The third kappa shape index (κ3) is 7.38. The number of aromatic nitrogens is 2. The number of carbonyl (C=O) groups is 2. The lowest BCUT2D eigenvalue weighted by Gasteiger charge is -2.37. The van der Waals surface area contributed by atoms with E-state index < -0.39 is 5.91 Å². The molecule has 4 N–H and O–H groups in total. The van der Waals surface area contributed by atoms with Gasteiger partial charge in [0.25, 0.3) is 5.91 Å². The number of piperidine rings is 2. The van der Waals surface area contributed by atoms with E-state index in [1.807, 2.05) is 26.0 Å². The lowest BCUT2D eigenvalue weighted by molar-refractivity contribution is -0.121. The van der Waals surface area contributed by atoms with Crippen LogP contribution in [0, 0.1) is 0 Å². The number of benzene rings is 1. The molecule has 0 spiro atoms. The molecule has 9 heteroatoms. The number of nitrogens with two attached hydrogens (primary N) is 1. The summed E-state index contributed by atoms with van der Waals surface area (Å²) in [6, 6.07) is 9.33. The Morgan fingerprint density at radius 3 is 2.35 bits per heavy atom. The quantitative estimate of drug-likeness (QED) is 0.313. The molecule has 1 aromatic carbocycles. The molecule has 3 fully saturated rings. The summed E-state index contributed by atoms with van der Waals surface area (Å²) in [6.45, 7) is 10.4. The third-order valence-electron chi connectivity index (χ3n) is 8.53. The van der Waals surface area contributed by atoms with E-state index >= 15 is 0 Å². The van der Waals surface area contributed by atoms with Crippen LogP contribution in [-0.4, -0.2) is 69.8 Å². The number of primary amides is 1. The fourth-order valence-corrected chi connectivity index (χ4v) is 6.27. The van der Waals surface area contributed by atoms with Gasteiger partial charge in [-0.1, -0.05) is 31.1 Å². The van der Waals surface area contributed by atoms with E-state index in [1.165, 1.54) is 63.4 Å². The van der Waals surface area contributed by atoms with Gasteiger partial charge in [-0.3, -0.25) is 9.59 Å². The highest BCUT2D eigenvalue weighted by Crippen LogP contribution is 2.33. The summed E-state index contributed by atoms with van der Waals surface area (Å²) >= 11 is 0. The van der Waals surface area contributed by atoms with Crippen LogP contribution in [0.4, 0.5) is 17.3 Å². The minimum atomic E-state index is -0.634. The Kier molecular flexibility index (Phi) is 10.5. The average molecular weight is 548 g/mol. The number of hydrogen-bond donors (Lipinski definition) is 3. The molecule has 40 heavy (non-hydrogen) atoms. The Hall–Kier alpha value is -3.46. The molecule has 2 amide bonds. The molecule has 2 atom stereocenters. The van der Waals surface area contributed by atoms with Crippen LogP contribution in [0.2, 0.25) is 0 Å². The van der Waals surface area contributed by atoms with E-state index in [0.29, 0.717) is 17.6 Å². The number of likely N-dealkylation sites (tertiary alicyclic amines) is 2. The molecule has 1 aromatic heterocycles. The van der Waals surface area contributed by atoms with E-state index in [2.05, 4.69) is 44.2 Å². The van der Waals surface area contributed by atoms with Crippen molar-refractivity contribution in [2.45, 2.75) is 89.3 Å².